The molecule has 0 aliphatic heterocycles. The van der Waals surface area contributed by atoms with Gasteiger partial charge in [-0.15, -0.1) is 11.3 Å². The van der Waals surface area contributed by atoms with Crippen LogP contribution < -0.4 is 5.32 Å². The van der Waals surface area contributed by atoms with E-state index in [2.05, 4.69) is 16.5 Å². The standard InChI is InChI=1S/C16H26N2OS/c19-11-13-7-3-4-8-15(13)17-9-14-10-18-16(20-14)12-5-1-2-6-12/h10,12-13,15,17,19H,1-9,11H2. The van der Waals surface area contributed by atoms with Crippen molar-refractivity contribution in [2.45, 2.75) is 69.9 Å². The molecule has 0 radical (unpaired) electrons. The normalized spacial score (nSPS) is 28.1. The molecule has 0 aromatic carbocycles. The summed E-state index contributed by atoms with van der Waals surface area (Å²) in [7, 11) is 0. The second-order valence-electron chi connectivity index (χ2n) is 6.36. The summed E-state index contributed by atoms with van der Waals surface area (Å²) in [5, 5.41) is 14.5. The molecule has 2 fully saturated rings. The van der Waals surface area contributed by atoms with Crippen LogP contribution >= 0.6 is 11.3 Å². The average molecular weight is 294 g/mol. The van der Waals surface area contributed by atoms with E-state index in [-0.39, 0.29) is 0 Å². The minimum absolute atomic E-state index is 0.327. The highest BCUT2D eigenvalue weighted by Crippen LogP contribution is 2.36. The van der Waals surface area contributed by atoms with Crippen molar-refractivity contribution in [1.82, 2.24) is 10.3 Å². The third kappa shape index (κ3) is 3.41. The summed E-state index contributed by atoms with van der Waals surface area (Å²) in [5.41, 5.74) is 0. The summed E-state index contributed by atoms with van der Waals surface area (Å²) in [5.74, 6) is 1.18. The molecule has 112 valence electrons. The number of rotatable bonds is 5. The summed E-state index contributed by atoms with van der Waals surface area (Å²) in [6.45, 7) is 1.25. The Morgan fingerprint density at radius 2 is 1.90 bits per heavy atom. The number of thiazole rings is 1. The fourth-order valence-electron chi connectivity index (χ4n) is 3.69. The van der Waals surface area contributed by atoms with Crippen LogP contribution in [0, 0.1) is 5.92 Å². The van der Waals surface area contributed by atoms with Crippen LogP contribution in [0.4, 0.5) is 0 Å². The molecular formula is C16H26N2OS. The lowest BCUT2D eigenvalue weighted by molar-refractivity contribution is 0.152. The quantitative estimate of drug-likeness (QED) is 0.874. The van der Waals surface area contributed by atoms with Gasteiger partial charge in [-0.1, -0.05) is 25.7 Å². The third-order valence-electron chi connectivity index (χ3n) is 4.96. The van der Waals surface area contributed by atoms with Crippen LogP contribution in [0.15, 0.2) is 6.20 Å². The monoisotopic (exact) mass is 294 g/mol. The van der Waals surface area contributed by atoms with E-state index >= 15 is 0 Å². The Labute approximate surface area is 125 Å². The Kier molecular flexibility index (Phi) is 5.08. The maximum absolute atomic E-state index is 9.46. The molecule has 2 aliphatic rings. The Morgan fingerprint density at radius 1 is 1.15 bits per heavy atom. The minimum Gasteiger partial charge on any atom is -0.396 e. The van der Waals surface area contributed by atoms with Crippen molar-refractivity contribution in [3.8, 4) is 0 Å². The molecular weight excluding hydrogens is 268 g/mol. The van der Waals surface area contributed by atoms with Gasteiger partial charge in [0.05, 0.1) is 5.01 Å². The number of aliphatic hydroxyl groups excluding tert-OH is 1. The van der Waals surface area contributed by atoms with E-state index in [1.165, 1.54) is 61.3 Å². The van der Waals surface area contributed by atoms with Gasteiger partial charge in [0.15, 0.2) is 0 Å². The first-order chi connectivity index (χ1) is 9.86. The van der Waals surface area contributed by atoms with Crippen LogP contribution in [0.1, 0.15) is 67.2 Å². The molecule has 2 unspecified atom stereocenters. The van der Waals surface area contributed by atoms with E-state index in [1.54, 1.807) is 0 Å². The number of aromatic nitrogens is 1. The van der Waals surface area contributed by atoms with Crippen LogP contribution in [-0.2, 0) is 6.54 Å². The van der Waals surface area contributed by atoms with Crippen LogP contribution in [0.25, 0.3) is 0 Å². The predicted molar refractivity (Wildman–Crippen MR) is 83.0 cm³/mol. The molecule has 1 aromatic rings. The van der Waals surface area contributed by atoms with Crippen molar-refractivity contribution in [3.63, 3.8) is 0 Å². The lowest BCUT2D eigenvalue weighted by Gasteiger charge is -2.30. The molecule has 2 N–H and O–H groups in total. The fraction of sp³-hybridized carbons (Fsp3) is 0.812. The van der Waals surface area contributed by atoms with Gasteiger partial charge in [0, 0.05) is 36.2 Å². The third-order valence-corrected chi connectivity index (χ3v) is 6.12. The average Bonchev–Trinajstić information content (AvgIpc) is 3.16. The van der Waals surface area contributed by atoms with Gasteiger partial charge in [0.2, 0.25) is 0 Å². The van der Waals surface area contributed by atoms with Crippen LogP contribution in [0.5, 0.6) is 0 Å². The molecule has 0 spiro atoms. The highest BCUT2D eigenvalue weighted by atomic mass is 32.1. The lowest BCUT2D eigenvalue weighted by Crippen LogP contribution is -2.39. The zero-order valence-corrected chi connectivity index (χ0v) is 13.0. The van der Waals surface area contributed by atoms with Gasteiger partial charge in [-0.25, -0.2) is 4.98 Å². The molecule has 4 heteroatoms. The summed E-state index contributed by atoms with van der Waals surface area (Å²) in [4.78, 5) is 5.99. The van der Waals surface area contributed by atoms with Crippen molar-refractivity contribution in [1.29, 1.82) is 0 Å². The molecule has 0 bridgehead atoms. The van der Waals surface area contributed by atoms with Gasteiger partial charge in [-0.05, 0) is 31.6 Å². The number of hydrogen-bond donors (Lipinski definition) is 2. The summed E-state index contributed by atoms with van der Waals surface area (Å²) in [6.07, 6.45) is 12.4. The molecule has 20 heavy (non-hydrogen) atoms. The van der Waals surface area contributed by atoms with Crippen LogP contribution in [-0.4, -0.2) is 22.7 Å². The first-order valence-corrected chi connectivity index (χ1v) is 8.97. The Bertz CT molecular complexity index is 414. The van der Waals surface area contributed by atoms with Gasteiger partial charge < -0.3 is 10.4 Å². The topological polar surface area (TPSA) is 45.1 Å². The second-order valence-corrected chi connectivity index (χ2v) is 7.51. The molecule has 1 aromatic heterocycles. The van der Waals surface area contributed by atoms with Crippen LogP contribution in [0.3, 0.4) is 0 Å². The predicted octanol–water partition coefficient (Wildman–Crippen LogP) is 3.44. The summed E-state index contributed by atoms with van der Waals surface area (Å²) < 4.78 is 0. The maximum Gasteiger partial charge on any atom is 0.0959 e. The first kappa shape index (κ1) is 14.5. The van der Waals surface area contributed by atoms with Crippen molar-refractivity contribution in [3.05, 3.63) is 16.1 Å². The molecule has 2 atom stereocenters. The number of nitrogens with zero attached hydrogens (tertiary/aromatic N) is 1. The molecule has 0 saturated heterocycles. The number of hydrogen-bond acceptors (Lipinski definition) is 4. The Hall–Kier alpha value is -0.450. The van der Waals surface area contributed by atoms with E-state index in [0.717, 1.165) is 12.5 Å². The van der Waals surface area contributed by atoms with E-state index in [4.69, 9.17) is 0 Å². The summed E-state index contributed by atoms with van der Waals surface area (Å²) in [6, 6.07) is 0.491. The van der Waals surface area contributed by atoms with Crippen molar-refractivity contribution < 1.29 is 5.11 Å². The SMILES string of the molecule is OCC1CCCCC1NCc1cnc(C2CCCC2)s1. The van der Waals surface area contributed by atoms with E-state index < -0.39 is 0 Å². The fourth-order valence-corrected chi connectivity index (χ4v) is 4.73. The Balaban J connectivity index is 1.52. The highest BCUT2D eigenvalue weighted by Gasteiger charge is 2.24. The maximum atomic E-state index is 9.46. The summed E-state index contributed by atoms with van der Waals surface area (Å²) >= 11 is 1.89. The highest BCUT2D eigenvalue weighted by molar-refractivity contribution is 7.11. The van der Waals surface area contributed by atoms with Gasteiger partial charge >= 0.3 is 0 Å². The molecule has 3 nitrogen and oxygen atoms in total. The number of aliphatic hydroxyl groups is 1. The molecule has 2 aliphatic carbocycles. The van der Waals surface area contributed by atoms with Crippen molar-refractivity contribution in [2.75, 3.05) is 6.61 Å². The smallest absolute Gasteiger partial charge is 0.0959 e. The molecule has 2 saturated carbocycles. The van der Waals surface area contributed by atoms with Gasteiger partial charge in [0.1, 0.15) is 0 Å². The van der Waals surface area contributed by atoms with Gasteiger partial charge in [-0.2, -0.15) is 0 Å². The molecule has 1 heterocycles. The van der Waals surface area contributed by atoms with E-state index in [1.807, 2.05) is 11.3 Å². The van der Waals surface area contributed by atoms with Crippen LogP contribution in [0.2, 0.25) is 0 Å². The van der Waals surface area contributed by atoms with Gasteiger partial charge in [0.25, 0.3) is 0 Å². The second kappa shape index (κ2) is 7.01. The van der Waals surface area contributed by atoms with E-state index in [0.29, 0.717) is 18.6 Å². The number of nitrogens with one attached hydrogen (secondary N) is 1. The zero-order valence-electron chi connectivity index (χ0n) is 12.2. The van der Waals surface area contributed by atoms with E-state index in [9.17, 15) is 5.11 Å². The lowest BCUT2D eigenvalue weighted by atomic mass is 9.85. The minimum atomic E-state index is 0.327. The van der Waals surface area contributed by atoms with Gasteiger partial charge in [-0.3, -0.25) is 0 Å². The largest absolute Gasteiger partial charge is 0.396 e. The first-order valence-electron chi connectivity index (χ1n) is 8.15. The zero-order chi connectivity index (χ0) is 13.8. The molecule has 0 amide bonds. The van der Waals surface area contributed by atoms with Crippen molar-refractivity contribution in [2.24, 2.45) is 5.92 Å². The van der Waals surface area contributed by atoms with Crippen molar-refractivity contribution >= 4 is 11.3 Å². The molecule has 3 rings (SSSR count). The Morgan fingerprint density at radius 3 is 2.70 bits per heavy atom.